The van der Waals surface area contributed by atoms with Crippen molar-refractivity contribution in [2.24, 2.45) is 0 Å². The molecule has 0 bridgehead atoms. The molecule has 1 aliphatic carbocycles. The van der Waals surface area contributed by atoms with Crippen LogP contribution in [0.15, 0.2) is 84.9 Å². The molecule has 0 unspecified atom stereocenters. The van der Waals surface area contributed by atoms with Crippen LogP contribution in [0.3, 0.4) is 0 Å². The molecule has 0 heterocycles. The zero-order valence-electron chi connectivity index (χ0n) is 17.7. The van der Waals surface area contributed by atoms with E-state index >= 15 is 0 Å². The Balaban J connectivity index is 1.41. The summed E-state index contributed by atoms with van der Waals surface area (Å²) in [5.41, 5.74) is 5.05. The second-order valence-corrected chi connectivity index (χ2v) is 7.45. The van der Waals surface area contributed by atoms with E-state index in [1.807, 2.05) is 36.4 Å². The summed E-state index contributed by atoms with van der Waals surface area (Å²) in [6.07, 6.45) is 1.60. The summed E-state index contributed by atoms with van der Waals surface area (Å²) >= 11 is 0. The molecular weight excluding hydrogens is 420 g/mol. The van der Waals surface area contributed by atoms with Gasteiger partial charge in [-0.05, 0) is 34.4 Å². The second-order valence-electron chi connectivity index (χ2n) is 7.45. The summed E-state index contributed by atoms with van der Waals surface area (Å²) < 4.78 is 5.55. The third-order valence-corrected chi connectivity index (χ3v) is 5.39. The lowest BCUT2D eigenvalue weighted by molar-refractivity contribution is -0.131. The molecule has 3 N–H and O–H groups in total. The number of hydrogen-bond acceptors (Lipinski definition) is 4. The minimum Gasteiger partial charge on any atom is -0.478 e. The molecule has 7 nitrogen and oxygen atoms in total. The van der Waals surface area contributed by atoms with Gasteiger partial charge in [0.25, 0.3) is 5.91 Å². The summed E-state index contributed by atoms with van der Waals surface area (Å²) in [5.74, 6) is -1.61. The largest absolute Gasteiger partial charge is 0.478 e. The van der Waals surface area contributed by atoms with Gasteiger partial charge in [0.05, 0.1) is 11.3 Å². The monoisotopic (exact) mass is 442 g/mol. The Morgan fingerprint density at radius 3 is 2.15 bits per heavy atom. The van der Waals surface area contributed by atoms with Crippen LogP contribution < -0.4 is 10.6 Å². The van der Waals surface area contributed by atoms with Gasteiger partial charge in [0.15, 0.2) is 0 Å². The summed E-state index contributed by atoms with van der Waals surface area (Å²) in [6, 6.07) is 22.7. The van der Waals surface area contributed by atoms with E-state index < -0.39 is 18.0 Å². The minimum atomic E-state index is -1.10. The van der Waals surface area contributed by atoms with Gasteiger partial charge in [-0.1, -0.05) is 66.7 Å². The van der Waals surface area contributed by atoms with E-state index in [0.717, 1.165) is 28.3 Å². The highest BCUT2D eigenvalue weighted by molar-refractivity contribution is 6.02. The molecule has 0 saturated heterocycles. The van der Waals surface area contributed by atoms with Crippen molar-refractivity contribution >= 4 is 23.7 Å². The highest BCUT2D eigenvalue weighted by Gasteiger charge is 2.29. The minimum absolute atomic E-state index is 0.0460. The van der Waals surface area contributed by atoms with Gasteiger partial charge in [0.1, 0.15) is 6.61 Å². The molecule has 0 atom stereocenters. The fraction of sp³-hybridized carbons (Fsp3) is 0.115. The van der Waals surface area contributed by atoms with E-state index in [-0.39, 0.29) is 24.6 Å². The van der Waals surface area contributed by atoms with Gasteiger partial charge in [0, 0.05) is 18.5 Å². The van der Waals surface area contributed by atoms with Crippen LogP contribution in [0, 0.1) is 0 Å². The van der Waals surface area contributed by atoms with Crippen LogP contribution in [0.5, 0.6) is 0 Å². The molecule has 33 heavy (non-hydrogen) atoms. The maximum atomic E-state index is 12.6. The maximum Gasteiger partial charge on any atom is 0.411 e. The predicted octanol–water partition coefficient (Wildman–Crippen LogP) is 4.42. The molecule has 0 spiro atoms. The van der Waals surface area contributed by atoms with E-state index in [1.54, 1.807) is 24.3 Å². The molecule has 1 aliphatic rings. The third kappa shape index (κ3) is 4.93. The molecule has 0 radical (unpaired) electrons. The summed E-state index contributed by atoms with van der Waals surface area (Å²) in [7, 11) is 0. The molecule has 0 aliphatic heterocycles. The number of carboxylic acids is 1. The second kappa shape index (κ2) is 9.82. The van der Waals surface area contributed by atoms with Gasteiger partial charge in [-0.3, -0.25) is 10.1 Å². The fourth-order valence-electron chi connectivity index (χ4n) is 3.94. The molecule has 3 aromatic carbocycles. The Labute approximate surface area is 190 Å². The Kier molecular flexibility index (Phi) is 6.50. The van der Waals surface area contributed by atoms with Gasteiger partial charge in [0.2, 0.25) is 0 Å². The smallest absolute Gasteiger partial charge is 0.411 e. The molecule has 2 amide bonds. The lowest BCUT2D eigenvalue weighted by Crippen LogP contribution is -2.26. The van der Waals surface area contributed by atoms with Crippen LogP contribution in [0.25, 0.3) is 11.1 Å². The van der Waals surface area contributed by atoms with Crippen molar-refractivity contribution in [3.63, 3.8) is 0 Å². The number of nitrogens with one attached hydrogen (secondary N) is 2. The van der Waals surface area contributed by atoms with Gasteiger partial charge >= 0.3 is 12.1 Å². The average molecular weight is 442 g/mol. The normalized spacial score (nSPS) is 12.1. The van der Waals surface area contributed by atoms with Crippen molar-refractivity contribution < 1.29 is 24.2 Å². The first kappa shape index (κ1) is 21.8. The molecule has 4 rings (SSSR count). The van der Waals surface area contributed by atoms with E-state index in [0.29, 0.717) is 5.69 Å². The van der Waals surface area contributed by atoms with Crippen molar-refractivity contribution in [2.75, 3.05) is 18.5 Å². The van der Waals surface area contributed by atoms with E-state index in [1.165, 1.54) is 6.08 Å². The molecular formula is C26H22N2O5. The van der Waals surface area contributed by atoms with Crippen molar-refractivity contribution in [1.82, 2.24) is 5.32 Å². The number of carbonyl (C=O) groups excluding carboxylic acids is 2. The quantitative estimate of drug-likeness (QED) is 0.470. The SMILES string of the molecule is O=C(O)/C=C/CNC(=O)c1ccccc1NC(=O)OCC1c2ccccc2-c2ccccc21. The fourth-order valence-corrected chi connectivity index (χ4v) is 3.94. The molecule has 0 saturated carbocycles. The highest BCUT2D eigenvalue weighted by atomic mass is 16.5. The summed E-state index contributed by atoms with van der Waals surface area (Å²) in [5, 5.41) is 13.8. The predicted molar refractivity (Wildman–Crippen MR) is 124 cm³/mol. The van der Waals surface area contributed by atoms with Crippen LogP contribution >= 0.6 is 0 Å². The highest BCUT2D eigenvalue weighted by Crippen LogP contribution is 2.44. The van der Waals surface area contributed by atoms with Crippen molar-refractivity contribution in [3.8, 4) is 11.1 Å². The molecule has 0 fully saturated rings. The first-order valence-corrected chi connectivity index (χ1v) is 10.4. The number of aliphatic carboxylic acids is 1. The summed E-state index contributed by atoms with van der Waals surface area (Å²) in [6.45, 7) is 0.207. The number of para-hydroxylation sites is 1. The lowest BCUT2D eigenvalue weighted by Gasteiger charge is -2.15. The first-order chi connectivity index (χ1) is 16.0. The number of carbonyl (C=O) groups is 3. The molecule has 0 aromatic heterocycles. The Morgan fingerprint density at radius 2 is 1.48 bits per heavy atom. The molecule has 7 heteroatoms. The number of amides is 2. The third-order valence-electron chi connectivity index (χ3n) is 5.39. The Hall–Kier alpha value is -4.39. The van der Waals surface area contributed by atoms with E-state index in [2.05, 4.69) is 22.8 Å². The van der Waals surface area contributed by atoms with Gasteiger partial charge in [-0.15, -0.1) is 0 Å². The van der Waals surface area contributed by atoms with Crippen molar-refractivity contribution in [2.45, 2.75) is 5.92 Å². The molecule has 3 aromatic rings. The topological polar surface area (TPSA) is 105 Å². The molecule has 166 valence electrons. The number of rotatable bonds is 7. The Bertz CT molecular complexity index is 1190. The van der Waals surface area contributed by atoms with Crippen LogP contribution in [-0.2, 0) is 9.53 Å². The first-order valence-electron chi connectivity index (χ1n) is 10.4. The maximum absolute atomic E-state index is 12.6. The Morgan fingerprint density at radius 1 is 0.879 bits per heavy atom. The van der Waals surface area contributed by atoms with E-state index in [4.69, 9.17) is 9.84 Å². The van der Waals surface area contributed by atoms with E-state index in [9.17, 15) is 14.4 Å². The number of carboxylic acid groups (broad SMARTS) is 1. The number of ether oxygens (including phenoxy) is 1. The van der Waals surface area contributed by atoms with Crippen LogP contribution in [0.1, 0.15) is 27.4 Å². The van der Waals surface area contributed by atoms with Crippen molar-refractivity contribution in [1.29, 1.82) is 0 Å². The number of fused-ring (bicyclic) bond motifs is 3. The van der Waals surface area contributed by atoms with Gasteiger partial charge in [-0.25, -0.2) is 9.59 Å². The zero-order valence-corrected chi connectivity index (χ0v) is 17.7. The number of anilines is 1. The summed E-state index contributed by atoms with van der Waals surface area (Å²) in [4.78, 5) is 35.5. The lowest BCUT2D eigenvalue weighted by atomic mass is 9.98. The van der Waals surface area contributed by atoms with Gasteiger partial charge < -0.3 is 15.2 Å². The van der Waals surface area contributed by atoms with Crippen LogP contribution in [0.4, 0.5) is 10.5 Å². The van der Waals surface area contributed by atoms with Crippen molar-refractivity contribution in [3.05, 3.63) is 102 Å². The average Bonchev–Trinajstić information content (AvgIpc) is 3.14. The standard InChI is InChI=1S/C26H22N2O5/c29-24(30)14-7-15-27-25(31)21-12-5-6-13-23(21)28-26(32)33-16-22-19-10-3-1-8-17(19)18-9-2-4-11-20(18)22/h1-14,22H,15-16H2,(H,27,31)(H,28,32)(H,29,30)/b14-7+. The zero-order chi connectivity index (χ0) is 23.2. The van der Waals surface area contributed by atoms with Crippen LogP contribution in [-0.4, -0.2) is 36.2 Å². The number of benzene rings is 3. The van der Waals surface area contributed by atoms with Gasteiger partial charge in [-0.2, -0.15) is 0 Å². The number of hydrogen-bond donors (Lipinski definition) is 3. The van der Waals surface area contributed by atoms with Crippen LogP contribution in [0.2, 0.25) is 0 Å².